The SMILES string of the molecule is O=C(NCCC1=CCCCC1)[C@H](c1ccccc1)N(Cc1ccc(Cl)cc1)C(=O)COc1ccccc1. The molecule has 1 N–H and O–H groups in total. The summed E-state index contributed by atoms with van der Waals surface area (Å²) in [4.78, 5) is 28.9. The molecule has 0 heterocycles. The first-order valence-electron chi connectivity index (χ1n) is 12.8. The van der Waals surface area contributed by atoms with Crippen LogP contribution >= 0.6 is 11.6 Å². The predicted molar refractivity (Wildman–Crippen MR) is 147 cm³/mol. The van der Waals surface area contributed by atoms with Gasteiger partial charge in [0.1, 0.15) is 11.8 Å². The summed E-state index contributed by atoms with van der Waals surface area (Å²) in [5.74, 6) is 0.117. The van der Waals surface area contributed by atoms with E-state index in [-0.39, 0.29) is 25.0 Å². The van der Waals surface area contributed by atoms with Crippen LogP contribution in [0.25, 0.3) is 0 Å². The number of hydrogen-bond donors (Lipinski definition) is 1. The Morgan fingerprint density at radius 1 is 0.919 bits per heavy atom. The Kier molecular flexibility index (Phi) is 9.78. The Hall–Kier alpha value is -3.57. The number of amides is 2. The van der Waals surface area contributed by atoms with Crippen LogP contribution in [0.15, 0.2) is 96.6 Å². The lowest BCUT2D eigenvalue weighted by Gasteiger charge is -2.31. The Balaban J connectivity index is 1.56. The molecule has 1 aliphatic rings. The van der Waals surface area contributed by atoms with E-state index in [1.807, 2.05) is 60.7 Å². The van der Waals surface area contributed by atoms with Crippen molar-refractivity contribution in [2.24, 2.45) is 0 Å². The summed E-state index contributed by atoms with van der Waals surface area (Å²) >= 11 is 6.09. The molecule has 0 spiro atoms. The van der Waals surface area contributed by atoms with E-state index in [0.717, 1.165) is 30.4 Å². The molecule has 3 aromatic rings. The van der Waals surface area contributed by atoms with Gasteiger partial charge in [-0.15, -0.1) is 0 Å². The topological polar surface area (TPSA) is 58.6 Å². The average molecular weight is 517 g/mol. The number of nitrogens with zero attached hydrogens (tertiary/aromatic N) is 1. The van der Waals surface area contributed by atoms with Crippen molar-refractivity contribution >= 4 is 23.4 Å². The molecule has 0 radical (unpaired) electrons. The number of hydrogen-bond acceptors (Lipinski definition) is 3. The van der Waals surface area contributed by atoms with E-state index >= 15 is 0 Å². The van der Waals surface area contributed by atoms with Crippen molar-refractivity contribution in [3.63, 3.8) is 0 Å². The molecule has 0 aromatic heterocycles. The zero-order valence-electron chi connectivity index (χ0n) is 20.9. The molecule has 1 aliphatic carbocycles. The van der Waals surface area contributed by atoms with E-state index in [0.29, 0.717) is 17.3 Å². The van der Waals surface area contributed by atoms with E-state index in [1.165, 1.54) is 18.4 Å². The molecule has 0 saturated heterocycles. The molecule has 192 valence electrons. The second kappa shape index (κ2) is 13.7. The molecule has 5 nitrogen and oxygen atoms in total. The first kappa shape index (κ1) is 26.5. The van der Waals surface area contributed by atoms with Crippen LogP contribution in [0.4, 0.5) is 0 Å². The number of carbonyl (C=O) groups excluding carboxylic acids is 2. The van der Waals surface area contributed by atoms with Gasteiger partial charge in [0.05, 0.1) is 0 Å². The third-order valence-corrected chi connectivity index (χ3v) is 6.75. The number of carbonyl (C=O) groups is 2. The van der Waals surface area contributed by atoms with Gasteiger partial charge in [0.25, 0.3) is 5.91 Å². The molecule has 1 atom stereocenters. The fraction of sp³-hybridized carbons (Fsp3) is 0.290. The lowest BCUT2D eigenvalue weighted by Crippen LogP contribution is -2.45. The maximum Gasteiger partial charge on any atom is 0.261 e. The molecule has 0 saturated carbocycles. The average Bonchev–Trinajstić information content (AvgIpc) is 2.94. The number of allylic oxidation sites excluding steroid dienone is 1. The van der Waals surface area contributed by atoms with Crippen molar-refractivity contribution in [1.29, 1.82) is 0 Å². The quantitative estimate of drug-likeness (QED) is 0.296. The molecular weight excluding hydrogens is 484 g/mol. The highest BCUT2D eigenvalue weighted by Crippen LogP contribution is 2.25. The van der Waals surface area contributed by atoms with E-state index in [9.17, 15) is 9.59 Å². The number of para-hydroxylation sites is 1. The largest absolute Gasteiger partial charge is 0.484 e. The van der Waals surface area contributed by atoms with Crippen molar-refractivity contribution in [2.45, 2.75) is 44.7 Å². The number of halogens is 1. The summed E-state index contributed by atoms with van der Waals surface area (Å²) < 4.78 is 5.78. The Labute approximate surface area is 224 Å². The van der Waals surface area contributed by atoms with E-state index in [4.69, 9.17) is 16.3 Å². The lowest BCUT2D eigenvalue weighted by molar-refractivity contribution is -0.143. The predicted octanol–water partition coefficient (Wildman–Crippen LogP) is 6.50. The zero-order chi connectivity index (χ0) is 25.9. The first-order chi connectivity index (χ1) is 18.1. The van der Waals surface area contributed by atoms with Crippen LogP contribution in [0, 0.1) is 0 Å². The minimum Gasteiger partial charge on any atom is -0.484 e. The molecule has 3 aromatic carbocycles. The number of ether oxygens (including phenoxy) is 1. The van der Waals surface area contributed by atoms with Crippen molar-refractivity contribution < 1.29 is 14.3 Å². The fourth-order valence-electron chi connectivity index (χ4n) is 4.54. The van der Waals surface area contributed by atoms with Gasteiger partial charge in [0.15, 0.2) is 6.61 Å². The van der Waals surface area contributed by atoms with Crippen molar-refractivity contribution in [1.82, 2.24) is 10.2 Å². The summed E-state index contributed by atoms with van der Waals surface area (Å²) in [5, 5.41) is 3.71. The first-order valence-corrected chi connectivity index (χ1v) is 13.2. The standard InChI is InChI=1S/C31H33ClN2O3/c32-27-18-16-25(17-19-27)22-34(29(35)23-37-28-14-8-3-9-15-28)30(26-12-6-2-7-13-26)31(36)33-21-20-24-10-4-1-5-11-24/h2-3,6-10,12-19,30H,1,4-5,11,20-23H2,(H,33,36)/t30-/m0/s1. The van der Waals surface area contributed by atoms with Gasteiger partial charge >= 0.3 is 0 Å². The summed E-state index contributed by atoms with van der Waals surface area (Å²) in [7, 11) is 0. The highest BCUT2D eigenvalue weighted by atomic mass is 35.5. The van der Waals surface area contributed by atoms with Gasteiger partial charge in [0, 0.05) is 18.1 Å². The minimum absolute atomic E-state index is 0.179. The molecule has 2 amide bonds. The molecule has 0 bridgehead atoms. The Morgan fingerprint density at radius 3 is 2.30 bits per heavy atom. The zero-order valence-corrected chi connectivity index (χ0v) is 21.7. The van der Waals surface area contributed by atoms with Crippen LogP contribution in [0.5, 0.6) is 5.75 Å². The summed E-state index contributed by atoms with van der Waals surface area (Å²) in [6, 6.07) is 25.2. The summed E-state index contributed by atoms with van der Waals surface area (Å²) in [6.07, 6.45) is 7.77. The van der Waals surface area contributed by atoms with E-state index in [2.05, 4.69) is 11.4 Å². The van der Waals surface area contributed by atoms with Gasteiger partial charge in [-0.05, 0) is 67.5 Å². The second-order valence-corrected chi connectivity index (χ2v) is 9.65. The highest BCUT2D eigenvalue weighted by molar-refractivity contribution is 6.30. The smallest absolute Gasteiger partial charge is 0.261 e. The molecule has 4 rings (SSSR count). The summed E-state index contributed by atoms with van der Waals surface area (Å²) in [6.45, 7) is 0.602. The van der Waals surface area contributed by atoms with Gasteiger partial charge in [0.2, 0.25) is 5.91 Å². The monoisotopic (exact) mass is 516 g/mol. The van der Waals surface area contributed by atoms with Crippen LogP contribution in [0.3, 0.4) is 0 Å². The summed E-state index contributed by atoms with van der Waals surface area (Å²) in [5.41, 5.74) is 3.02. The van der Waals surface area contributed by atoms with Gasteiger partial charge in [-0.2, -0.15) is 0 Å². The van der Waals surface area contributed by atoms with Crippen LogP contribution in [0.2, 0.25) is 5.02 Å². The van der Waals surface area contributed by atoms with Crippen molar-refractivity contribution in [3.8, 4) is 5.75 Å². The molecule has 37 heavy (non-hydrogen) atoms. The minimum atomic E-state index is -0.802. The van der Waals surface area contributed by atoms with E-state index in [1.54, 1.807) is 29.2 Å². The number of rotatable bonds is 11. The van der Waals surface area contributed by atoms with Gasteiger partial charge in [-0.25, -0.2) is 0 Å². The van der Waals surface area contributed by atoms with Crippen molar-refractivity contribution in [2.75, 3.05) is 13.2 Å². The van der Waals surface area contributed by atoms with Gasteiger partial charge < -0.3 is 15.0 Å². The van der Waals surface area contributed by atoms with Crippen LogP contribution in [-0.4, -0.2) is 29.9 Å². The normalized spacial score (nSPS) is 13.8. The number of benzene rings is 3. The molecule has 0 unspecified atom stereocenters. The Morgan fingerprint density at radius 2 is 1.62 bits per heavy atom. The van der Waals surface area contributed by atoms with Crippen LogP contribution in [-0.2, 0) is 16.1 Å². The number of nitrogens with one attached hydrogen (secondary N) is 1. The third-order valence-electron chi connectivity index (χ3n) is 6.50. The fourth-order valence-corrected chi connectivity index (χ4v) is 4.66. The Bertz CT molecular complexity index is 1180. The lowest BCUT2D eigenvalue weighted by atomic mass is 9.97. The molecule has 0 aliphatic heterocycles. The van der Waals surface area contributed by atoms with Gasteiger partial charge in [-0.3, -0.25) is 9.59 Å². The molecule has 0 fully saturated rings. The maximum atomic E-state index is 13.7. The van der Waals surface area contributed by atoms with Crippen LogP contribution in [0.1, 0.15) is 49.3 Å². The molecule has 6 heteroatoms. The third kappa shape index (κ3) is 7.96. The second-order valence-electron chi connectivity index (χ2n) is 9.21. The van der Waals surface area contributed by atoms with Crippen LogP contribution < -0.4 is 10.1 Å². The highest BCUT2D eigenvalue weighted by Gasteiger charge is 2.31. The molecular formula is C31H33ClN2O3. The van der Waals surface area contributed by atoms with E-state index < -0.39 is 6.04 Å². The van der Waals surface area contributed by atoms with Gasteiger partial charge in [-0.1, -0.05) is 83.9 Å². The van der Waals surface area contributed by atoms with Crippen molar-refractivity contribution in [3.05, 3.63) is 113 Å². The maximum absolute atomic E-state index is 13.7.